The van der Waals surface area contributed by atoms with Crippen molar-refractivity contribution in [3.8, 4) is 5.75 Å². The predicted molar refractivity (Wildman–Crippen MR) is 120 cm³/mol. The molecular weight excluding hydrogens is 430 g/mol. The Kier molecular flexibility index (Phi) is 5.41. The summed E-state index contributed by atoms with van der Waals surface area (Å²) in [6.07, 6.45) is 0. The lowest BCUT2D eigenvalue weighted by Gasteiger charge is -2.36. The van der Waals surface area contributed by atoms with Gasteiger partial charge in [0.2, 0.25) is 0 Å². The molecule has 7 nitrogen and oxygen atoms in total. The first-order valence-electron chi connectivity index (χ1n) is 10.7. The molecule has 2 aliphatic rings. The van der Waals surface area contributed by atoms with E-state index in [4.69, 9.17) is 4.74 Å². The van der Waals surface area contributed by atoms with Crippen LogP contribution in [-0.2, 0) is 4.79 Å². The number of pyridine rings is 1. The number of carbonyl (C=O) groups excluding carboxylic acids is 2. The molecule has 1 aromatic heterocycles. The molecule has 33 heavy (non-hydrogen) atoms. The minimum Gasteiger partial charge on any atom is -0.478 e. The molecule has 2 aliphatic heterocycles. The van der Waals surface area contributed by atoms with E-state index in [2.05, 4.69) is 15.2 Å². The van der Waals surface area contributed by atoms with E-state index in [9.17, 15) is 18.4 Å². The maximum Gasteiger partial charge on any atom is 0.262 e. The second-order valence-corrected chi connectivity index (χ2v) is 8.30. The molecule has 0 saturated carbocycles. The number of rotatable bonds is 4. The van der Waals surface area contributed by atoms with E-state index in [-0.39, 0.29) is 41.8 Å². The van der Waals surface area contributed by atoms with Crippen LogP contribution in [0.4, 0.5) is 20.2 Å². The molecule has 0 aliphatic carbocycles. The summed E-state index contributed by atoms with van der Waals surface area (Å²) < 4.78 is 33.7. The van der Waals surface area contributed by atoms with Crippen molar-refractivity contribution in [1.29, 1.82) is 0 Å². The summed E-state index contributed by atoms with van der Waals surface area (Å²) in [6, 6.07) is 9.41. The summed E-state index contributed by atoms with van der Waals surface area (Å²) in [5.74, 6) is -1.70. The molecule has 3 aromatic rings. The molecule has 9 heteroatoms. The lowest BCUT2D eigenvalue weighted by molar-refractivity contribution is -0.118. The summed E-state index contributed by atoms with van der Waals surface area (Å²) in [5, 5.41) is 3.42. The van der Waals surface area contributed by atoms with Crippen LogP contribution < -0.4 is 15.0 Å². The molecule has 1 amide bonds. The molecule has 5 rings (SSSR count). The fourth-order valence-corrected chi connectivity index (χ4v) is 4.30. The van der Waals surface area contributed by atoms with Gasteiger partial charge in [-0.05, 0) is 37.3 Å². The largest absolute Gasteiger partial charge is 0.478 e. The number of nitrogens with one attached hydrogen (secondary N) is 1. The number of hydrogen-bond donors (Lipinski definition) is 1. The smallest absolute Gasteiger partial charge is 0.262 e. The van der Waals surface area contributed by atoms with Crippen molar-refractivity contribution in [3.63, 3.8) is 0 Å². The highest BCUT2D eigenvalue weighted by Crippen LogP contribution is 2.32. The van der Waals surface area contributed by atoms with Crippen LogP contribution in [0.15, 0.2) is 36.4 Å². The van der Waals surface area contributed by atoms with Crippen molar-refractivity contribution in [2.24, 2.45) is 0 Å². The van der Waals surface area contributed by atoms with Gasteiger partial charge in [0.25, 0.3) is 5.91 Å². The van der Waals surface area contributed by atoms with Crippen LogP contribution in [0.5, 0.6) is 5.75 Å². The number of piperazine rings is 1. The van der Waals surface area contributed by atoms with Gasteiger partial charge < -0.3 is 15.0 Å². The van der Waals surface area contributed by atoms with Crippen LogP contribution in [0.1, 0.15) is 16.1 Å². The van der Waals surface area contributed by atoms with E-state index in [1.165, 1.54) is 18.2 Å². The van der Waals surface area contributed by atoms with Crippen molar-refractivity contribution in [2.75, 3.05) is 49.5 Å². The van der Waals surface area contributed by atoms with Crippen LogP contribution >= 0.6 is 0 Å². The van der Waals surface area contributed by atoms with Crippen molar-refractivity contribution in [2.45, 2.75) is 6.92 Å². The number of ether oxygens (including phenoxy) is 1. The standard InChI is InChI=1S/C24H22F2N4O3/c1-14-2-3-17-19(27-14)10-16(25)11-21(17)30-6-4-29(5-7-30)12-22(31)15-8-18(26)24-20(9-15)28-23(32)13-33-24/h2-3,8-11H,4-7,12-13H2,1H3,(H,28,32). The Morgan fingerprint density at radius 1 is 1.12 bits per heavy atom. The third-order valence-electron chi connectivity index (χ3n) is 5.96. The van der Waals surface area contributed by atoms with Crippen molar-refractivity contribution < 1.29 is 23.1 Å². The molecule has 1 N–H and O–H groups in total. The quantitative estimate of drug-likeness (QED) is 0.613. The Labute approximate surface area is 188 Å². The zero-order valence-electron chi connectivity index (χ0n) is 18.0. The number of amides is 1. The molecule has 0 radical (unpaired) electrons. The Morgan fingerprint density at radius 3 is 2.70 bits per heavy atom. The number of fused-ring (bicyclic) bond motifs is 2. The van der Waals surface area contributed by atoms with Gasteiger partial charge in [-0.2, -0.15) is 0 Å². The molecule has 0 spiro atoms. The minimum absolute atomic E-state index is 0.0493. The normalized spacial score (nSPS) is 16.3. The van der Waals surface area contributed by atoms with Gasteiger partial charge in [-0.25, -0.2) is 8.78 Å². The first-order valence-corrected chi connectivity index (χ1v) is 10.7. The van der Waals surface area contributed by atoms with E-state index in [1.54, 1.807) is 0 Å². The monoisotopic (exact) mass is 452 g/mol. The Morgan fingerprint density at radius 2 is 1.91 bits per heavy atom. The first kappa shape index (κ1) is 21.3. The molecule has 0 bridgehead atoms. The van der Waals surface area contributed by atoms with E-state index in [1.807, 2.05) is 24.0 Å². The van der Waals surface area contributed by atoms with Gasteiger partial charge >= 0.3 is 0 Å². The maximum absolute atomic E-state index is 14.3. The molecule has 0 atom stereocenters. The third kappa shape index (κ3) is 4.23. The Hall–Kier alpha value is -3.59. The van der Waals surface area contributed by atoms with Gasteiger partial charge in [0.15, 0.2) is 24.0 Å². The number of hydrogen-bond acceptors (Lipinski definition) is 6. The van der Waals surface area contributed by atoms with Gasteiger partial charge in [0.1, 0.15) is 5.82 Å². The fourth-order valence-electron chi connectivity index (χ4n) is 4.30. The van der Waals surface area contributed by atoms with E-state index < -0.39 is 11.7 Å². The summed E-state index contributed by atoms with van der Waals surface area (Å²) in [7, 11) is 0. The Bertz CT molecular complexity index is 1270. The summed E-state index contributed by atoms with van der Waals surface area (Å²) in [4.78, 5) is 32.8. The second kappa shape index (κ2) is 8.40. The first-order chi connectivity index (χ1) is 15.9. The van der Waals surface area contributed by atoms with Gasteiger partial charge in [0, 0.05) is 54.6 Å². The van der Waals surface area contributed by atoms with Crippen LogP contribution in [0.3, 0.4) is 0 Å². The number of benzene rings is 2. The highest BCUT2D eigenvalue weighted by Gasteiger charge is 2.25. The average molecular weight is 452 g/mol. The van der Waals surface area contributed by atoms with Gasteiger partial charge in [-0.3, -0.25) is 19.5 Å². The van der Waals surface area contributed by atoms with E-state index >= 15 is 0 Å². The minimum atomic E-state index is -0.678. The predicted octanol–water partition coefficient (Wildman–Crippen LogP) is 3.16. The topological polar surface area (TPSA) is 74.8 Å². The van der Waals surface area contributed by atoms with Gasteiger partial charge in [-0.1, -0.05) is 0 Å². The molecule has 1 saturated heterocycles. The summed E-state index contributed by atoms with van der Waals surface area (Å²) in [6.45, 7) is 4.15. The molecule has 0 unspecified atom stereocenters. The lowest BCUT2D eigenvalue weighted by atomic mass is 10.1. The van der Waals surface area contributed by atoms with Crippen molar-refractivity contribution >= 4 is 34.0 Å². The number of halogens is 2. The molecular formula is C24H22F2N4O3. The number of ketones is 1. The van der Waals surface area contributed by atoms with Crippen molar-refractivity contribution in [1.82, 2.24) is 9.88 Å². The number of carbonyl (C=O) groups is 2. The van der Waals surface area contributed by atoms with Crippen LogP contribution in [0, 0.1) is 18.6 Å². The number of aryl methyl sites for hydroxylation is 1. The average Bonchev–Trinajstić information content (AvgIpc) is 2.78. The maximum atomic E-state index is 14.3. The number of Topliss-reactive ketones (excluding diaryl/α,β-unsaturated/α-hetero) is 1. The highest BCUT2D eigenvalue weighted by molar-refractivity contribution is 6.01. The van der Waals surface area contributed by atoms with Crippen LogP contribution in [0.2, 0.25) is 0 Å². The summed E-state index contributed by atoms with van der Waals surface area (Å²) >= 11 is 0. The van der Waals surface area contributed by atoms with Crippen molar-refractivity contribution in [3.05, 3.63) is 59.3 Å². The number of nitrogens with zero attached hydrogens (tertiary/aromatic N) is 3. The molecule has 170 valence electrons. The van der Waals surface area contributed by atoms with Gasteiger partial charge in [0.05, 0.1) is 17.7 Å². The van der Waals surface area contributed by atoms with Crippen LogP contribution in [0.25, 0.3) is 10.9 Å². The third-order valence-corrected chi connectivity index (χ3v) is 5.96. The fraction of sp³-hybridized carbons (Fsp3) is 0.292. The summed E-state index contributed by atoms with van der Waals surface area (Å²) in [5.41, 5.74) is 2.58. The Balaban J connectivity index is 1.28. The van der Waals surface area contributed by atoms with E-state index in [0.29, 0.717) is 31.7 Å². The molecule has 2 aromatic carbocycles. The van der Waals surface area contributed by atoms with Gasteiger partial charge in [-0.15, -0.1) is 0 Å². The lowest BCUT2D eigenvalue weighted by Crippen LogP contribution is -2.48. The zero-order chi connectivity index (χ0) is 23.1. The number of anilines is 2. The molecule has 1 fully saturated rings. The highest BCUT2D eigenvalue weighted by atomic mass is 19.1. The zero-order valence-corrected chi connectivity index (χ0v) is 18.0. The SMILES string of the molecule is Cc1ccc2c(N3CCN(CC(=O)c4cc(F)c5c(c4)NC(=O)CO5)CC3)cc(F)cc2n1. The van der Waals surface area contributed by atoms with Crippen LogP contribution in [-0.4, -0.2) is 60.9 Å². The number of aromatic nitrogens is 1. The van der Waals surface area contributed by atoms with E-state index in [0.717, 1.165) is 22.8 Å². The molecule has 3 heterocycles. The second-order valence-electron chi connectivity index (χ2n) is 8.30.